The molecule has 0 aromatic carbocycles. The molecule has 1 saturated heterocycles. The monoisotopic (exact) mass is 171 g/mol. The van der Waals surface area contributed by atoms with Gasteiger partial charge in [0.1, 0.15) is 0 Å². The van der Waals surface area contributed by atoms with Crippen molar-refractivity contribution < 1.29 is 4.79 Å². The molecule has 70 valence electrons. The van der Waals surface area contributed by atoms with E-state index in [2.05, 4.69) is 0 Å². The number of hydrogen-bond donors (Lipinski definition) is 1. The summed E-state index contributed by atoms with van der Waals surface area (Å²) in [5, 5.41) is 0. The van der Waals surface area contributed by atoms with Crippen molar-refractivity contribution >= 4 is 6.03 Å². The number of amides is 2. The first-order valence-corrected chi connectivity index (χ1v) is 4.31. The van der Waals surface area contributed by atoms with E-state index in [1.807, 2.05) is 4.90 Å². The molecule has 0 aromatic rings. The fourth-order valence-corrected chi connectivity index (χ4v) is 1.48. The summed E-state index contributed by atoms with van der Waals surface area (Å²) in [6, 6.07) is 0.103. The van der Waals surface area contributed by atoms with Gasteiger partial charge in [0, 0.05) is 27.2 Å². The average Bonchev–Trinajstić information content (AvgIpc) is 2.50. The number of likely N-dealkylation sites (tertiary alicyclic amines) is 1. The van der Waals surface area contributed by atoms with Gasteiger partial charge >= 0.3 is 6.03 Å². The van der Waals surface area contributed by atoms with Crippen LogP contribution in [-0.2, 0) is 0 Å². The van der Waals surface area contributed by atoms with Crippen molar-refractivity contribution in [2.24, 2.45) is 11.7 Å². The Hall–Kier alpha value is -0.770. The number of hydrogen-bond acceptors (Lipinski definition) is 2. The summed E-state index contributed by atoms with van der Waals surface area (Å²) in [5.74, 6) is 0.508. The molecule has 0 bridgehead atoms. The molecule has 4 heteroatoms. The van der Waals surface area contributed by atoms with Crippen LogP contribution in [0.1, 0.15) is 6.42 Å². The van der Waals surface area contributed by atoms with E-state index >= 15 is 0 Å². The van der Waals surface area contributed by atoms with Crippen LogP contribution in [0.4, 0.5) is 4.79 Å². The molecule has 1 atom stereocenters. The summed E-state index contributed by atoms with van der Waals surface area (Å²) in [7, 11) is 3.55. The van der Waals surface area contributed by atoms with E-state index in [0.717, 1.165) is 19.5 Å². The molecule has 1 rings (SSSR count). The van der Waals surface area contributed by atoms with Crippen LogP contribution in [0.15, 0.2) is 0 Å². The normalized spacial score (nSPS) is 22.9. The second kappa shape index (κ2) is 3.76. The van der Waals surface area contributed by atoms with Crippen molar-refractivity contribution in [1.82, 2.24) is 9.80 Å². The highest BCUT2D eigenvalue weighted by atomic mass is 16.2. The van der Waals surface area contributed by atoms with E-state index in [-0.39, 0.29) is 6.03 Å². The molecule has 4 nitrogen and oxygen atoms in total. The molecule has 2 N–H and O–H groups in total. The Morgan fingerprint density at radius 2 is 2.33 bits per heavy atom. The van der Waals surface area contributed by atoms with Gasteiger partial charge in [-0.05, 0) is 18.9 Å². The molecule has 0 aromatic heterocycles. The highest BCUT2D eigenvalue weighted by Gasteiger charge is 2.25. The maximum atomic E-state index is 11.4. The molecule has 1 heterocycles. The van der Waals surface area contributed by atoms with Crippen LogP contribution in [0.25, 0.3) is 0 Å². The van der Waals surface area contributed by atoms with Crippen LogP contribution in [0.2, 0.25) is 0 Å². The molecule has 1 fully saturated rings. The van der Waals surface area contributed by atoms with Crippen LogP contribution < -0.4 is 5.73 Å². The Kier molecular flexibility index (Phi) is 2.92. The lowest BCUT2D eigenvalue weighted by Gasteiger charge is -2.20. The smallest absolute Gasteiger partial charge is 0.319 e. The number of carbonyl (C=O) groups is 1. The number of carbonyl (C=O) groups excluding carboxylic acids is 1. The second-order valence-corrected chi connectivity index (χ2v) is 3.51. The molecule has 2 amide bonds. The predicted octanol–water partition coefficient (Wildman–Crippen LogP) is -0.0514. The molecule has 1 unspecified atom stereocenters. The molecule has 0 radical (unpaired) electrons. The maximum absolute atomic E-state index is 11.4. The van der Waals surface area contributed by atoms with Crippen LogP contribution in [-0.4, -0.2) is 49.6 Å². The van der Waals surface area contributed by atoms with Gasteiger partial charge < -0.3 is 15.5 Å². The number of nitrogens with zero attached hydrogens (tertiary/aromatic N) is 2. The average molecular weight is 171 g/mol. The molecular formula is C8H17N3O. The van der Waals surface area contributed by atoms with E-state index in [4.69, 9.17) is 5.73 Å². The lowest BCUT2D eigenvalue weighted by molar-refractivity contribution is 0.180. The zero-order valence-corrected chi connectivity index (χ0v) is 7.79. The van der Waals surface area contributed by atoms with Crippen molar-refractivity contribution in [2.75, 3.05) is 33.7 Å². The van der Waals surface area contributed by atoms with Crippen LogP contribution in [0.5, 0.6) is 0 Å². The molecule has 0 spiro atoms. The Bertz CT molecular complexity index is 170. The summed E-state index contributed by atoms with van der Waals surface area (Å²) in [6.07, 6.45) is 1.05. The minimum atomic E-state index is 0.103. The van der Waals surface area contributed by atoms with Gasteiger partial charge in [-0.1, -0.05) is 0 Å². The summed E-state index contributed by atoms with van der Waals surface area (Å²) in [6.45, 7) is 2.38. The zero-order chi connectivity index (χ0) is 9.14. The Morgan fingerprint density at radius 1 is 1.67 bits per heavy atom. The van der Waals surface area contributed by atoms with Gasteiger partial charge in [-0.15, -0.1) is 0 Å². The Labute approximate surface area is 73.3 Å². The van der Waals surface area contributed by atoms with E-state index in [1.54, 1.807) is 19.0 Å². The highest BCUT2D eigenvalue weighted by Crippen LogP contribution is 2.15. The lowest BCUT2D eigenvalue weighted by Crippen LogP contribution is -2.38. The Balaban J connectivity index is 2.41. The van der Waals surface area contributed by atoms with Crippen molar-refractivity contribution in [3.8, 4) is 0 Å². The molecule has 12 heavy (non-hydrogen) atoms. The third kappa shape index (κ3) is 1.88. The molecular weight excluding hydrogens is 154 g/mol. The van der Waals surface area contributed by atoms with Crippen molar-refractivity contribution in [3.05, 3.63) is 0 Å². The SMILES string of the molecule is CN(C)C(=O)N1CCC(CN)C1. The molecule has 0 saturated carbocycles. The first-order chi connectivity index (χ1) is 5.65. The van der Waals surface area contributed by atoms with Crippen molar-refractivity contribution in [1.29, 1.82) is 0 Å². The maximum Gasteiger partial charge on any atom is 0.319 e. The fourth-order valence-electron chi connectivity index (χ4n) is 1.48. The minimum absolute atomic E-state index is 0.103. The minimum Gasteiger partial charge on any atom is -0.331 e. The summed E-state index contributed by atoms with van der Waals surface area (Å²) in [5.41, 5.74) is 5.52. The lowest BCUT2D eigenvalue weighted by atomic mass is 10.1. The van der Waals surface area contributed by atoms with Crippen LogP contribution >= 0.6 is 0 Å². The largest absolute Gasteiger partial charge is 0.331 e. The summed E-state index contributed by atoms with van der Waals surface area (Å²) < 4.78 is 0. The van der Waals surface area contributed by atoms with Crippen LogP contribution in [0.3, 0.4) is 0 Å². The van der Waals surface area contributed by atoms with Crippen LogP contribution in [0, 0.1) is 5.92 Å². The molecule has 1 aliphatic rings. The van der Waals surface area contributed by atoms with Crippen molar-refractivity contribution in [2.45, 2.75) is 6.42 Å². The standard InChI is InChI=1S/C8H17N3O/c1-10(2)8(12)11-4-3-7(5-9)6-11/h7H,3-6,9H2,1-2H3. The number of nitrogens with two attached hydrogens (primary N) is 1. The van der Waals surface area contributed by atoms with Gasteiger partial charge in [-0.3, -0.25) is 0 Å². The quantitative estimate of drug-likeness (QED) is 0.601. The Morgan fingerprint density at radius 3 is 2.75 bits per heavy atom. The van der Waals surface area contributed by atoms with Gasteiger partial charge in [0.25, 0.3) is 0 Å². The van der Waals surface area contributed by atoms with Crippen molar-refractivity contribution in [3.63, 3.8) is 0 Å². The van der Waals surface area contributed by atoms with Gasteiger partial charge in [0.15, 0.2) is 0 Å². The van der Waals surface area contributed by atoms with E-state index in [1.165, 1.54) is 0 Å². The third-order valence-corrected chi connectivity index (χ3v) is 2.27. The summed E-state index contributed by atoms with van der Waals surface area (Å²) >= 11 is 0. The second-order valence-electron chi connectivity index (χ2n) is 3.51. The summed E-state index contributed by atoms with van der Waals surface area (Å²) in [4.78, 5) is 14.9. The van der Waals surface area contributed by atoms with E-state index in [9.17, 15) is 4.79 Å². The topological polar surface area (TPSA) is 49.6 Å². The van der Waals surface area contributed by atoms with Gasteiger partial charge in [-0.2, -0.15) is 0 Å². The highest BCUT2D eigenvalue weighted by molar-refractivity contribution is 5.74. The van der Waals surface area contributed by atoms with E-state index < -0.39 is 0 Å². The first kappa shape index (κ1) is 9.32. The molecule has 0 aliphatic carbocycles. The molecule has 1 aliphatic heterocycles. The third-order valence-electron chi connectivity index (χ3n) is 2.27. The first-order valence-electron chi connectivity index (χ1n) is 4.31. The van der Waals surface area contributed by atoms with Gasteiger partial charge in [-0.25, -0.2) is 4.79 Å². The van der Waals surface area contributed by atoms with Gasteiger partial charge in [0.2, 0.25) is 0 Å². The number of urea groups is 1. The van der Waals surface area contributed by atoms with E-state index in [0.29, 0.717) is 12.5 Å². The van der Waals surface area contributed by atoms with Gasteiger partial charge in [0.05, 0.1) is 0 Å². The fraction of sp³-hybridized carbons (Fsp3) is 0.875. The number of rotatable bonds is 1. The predicted molar refractivity (Wildman–Crippen MR) is 47.8 cm³/mol. The zero-order valence-electron chi connectivity index (χ0n) is 7.79.